The number of nitrogens with zero attached hydrogens (tertiary/aromatic N) is 5. The van der Waals surface area contributed by atoms with E-state index >= 15 is 0 Å². The quantitative estimate of drug-likeness (QED) is 0.279. The van der Waals surface area contributed by atoms with Crippen molar-refractivity contribution in [3.05, 3.63) is 78.0 Å². The molecule has 0 saturated heterocycles. The fourth-order valence-corrected chi connectivity index (χ4v) is 4.24. The van der Waals surface area contributed by atoms with Gasteiger partial charge in [-0.2, -0.15) is 11.8 Å². The van der Waals surface area contributed by atoms with Gasteiger partial charge in [-0.15, -0.1) is 5.10 Å². The standard InChI is InChI=1S/C28H34N6O2S/c1-32(2)16-17-33(20-21-5-11-24(36-3)12-6-21)28(35)23-9-7-22(8-10-23)25-19-30-27-14-13-26(31-34(25)27)29-15-18-37-4/h5-14,19H,15-18,20H2,1-4H3,(H,29,31). The summed E-state index contributed by atoms with van der Waals surface area (Å²) in [5.41, 5.74) is 4.32. The van der Waals surface area contributed by atoms with Gasteiger partial charge in [-0.3, -0.25) is 4.79 Å². The van der Waals surface area contributed by atoms with Crippen molar-refractivity contribution in [3.63, 3.8) is 0 Å². The van der Waals surface area contributed by atoms with Crippen molar-refractivity contribution in [3.8, 4) is 17.0 Å². The maximum absolute atomic E-state index is 13.5. The number of methoxy groups -OCH3 is 1. The Bertz CT molecular complexity index is 1300. The maximum atomic E-state index is 13.5. The fourth-order valence-electron chi connectivity index (χ4n) is 3.94. The summed E-state index contributed by atoms with van der Waals surface area (Å²) in [6, 6.07) is 19.4. The summed E-state index contributed by atoms with van der Waals surface area (Å²) < 4.78 is 7.10. The first-order chi connectivity index (χ1) is 18.0. The molecule has 0 bridgehead atoms. The molecule has 0 aliphatic heterocycles. The van der Waals surface area contributed by atoms with Crippen LogP contribution in [0.2, 0.25) is 0 Å². The van der Waals surface area contributed by atoms with Gasteiger partial charge in [0.1, 0.15) is 11.6 Å². The predicted molar refractivity (Wildman–Crippen MR) is 152 cm³/mol. The molecule has 2 aromatic heterocycles. The summed E-state index contributed by atoms with van der Waals surface area (Å²) in [5.74, 6) is 2.62. The van der Waals surface area contributed by atoms with Crippen LogP contribution in [0.3, 0.4) is 0 Å². The molecule has 194 valence electrons. The molecule has 1 N–H and O–H groups in total. The lowest BCUT2D eigenvalue weighted by atomic mass is 10.1. The molecule has 0 atom stereocenters. The number of hydrogen-bond acceptors (Lipinski definition) is 7. The minimum absolute atomic E-state index is 0.000709. The molecule has 1 amide bonds. The van der Waals surface area contributed by atoms with Gasteiger partial charge in [0.05, 0.1) is 19.0 Å². The van der Waals surface area contributed by atoms with Crippen LogP contribution in [0.1, 0.15) is 15.9 Å². The molecular formula is C28H34N6O2S. The topological polar surface area (TPSA) is 75.0 Å². The van der Waals surface area contributed by atoms with Gasteiger partial charge in [0, 0.05) is 43.1 Å². The molecule has 8 nitrogen and oxygen atoms in total. The average molecular weight is 519 g/mol. The molecule has 9 heteroatoms. The van der Waals surface area contributed by atoms with E-state index in [4.69, 9.17) is 9.84 Å². The van der Waals surface area contributed by atoms with Crippen LogP contribution in [-0.2, 0) is 6.54 Å². The molecule has 0 fully saturated rings. The third-order valence-electron chi connectivity index (χ3n) is 6.04. The van der Waals surface area contributed by atoms with Crippen LogP contribution >= 0.6 is 11.8 Å². The number of aromatic nitrogens is 3. The van der Waals surface area contributed by atoms with E-state index in [1.807, 2.05) is 90.4 Å². The number of benzene rings is 2. The fraction of sp³-hybridized carbons (Fsp3) is 0.321. The SMILES string of the molecule is COc1ccc(CN(CCN(C)C)C(=O)c2ccc(-c3cnc4ccc(NCCSC)nn34)cc2)cc1. The smallest absolute Gasteiger partial charge is 0.254 e. The molecule has 0 radical (unpaired) electrons. The summed E-state index contributed by atoms with van der Waals surface area (Å²) in [5, 5.41) is 8.06. The molecule has 37 heavy (non-hydrogen) atoms. The normalized spacial score (nSPS) is 11.2. The van der Waals surface area contributed by atoms with Crippen molar-refractivity contribution in [1.82, 2.24) is 24.4 Å². The maximum Gasteiger partial charge on any atom is 0.254 e. The number of thioether (sulfide) groups is 1. The lowest BCUT2D eigenvalue weighted by Crippen LogP contribution is -2.36. The van der Waals surface area contributed by atoms with Crippen molar-refractivity contribution in [2.75, 3.05) is 58.2 Å². The molecule has 2 heterocycles. The zero-order chi connectivity index (χ0) is 26.2. The van der Waals surface area contributed by atoms with Gasteiger partial charge in [-0.1, -0.05) is 24.3 Å². The molecule has 0 aliphatic rings. The van der Waals surface area contributed by atoms with E-state index in [1.165, 1.54) is 0 Å². The zero-order valence-electron chi connectivity index (χ0n) is 21.8. The number of ether oxygens (including phenoxy) is 1. The monoisotopic (exact) mass is 518 g/mol. The Kier molecular flexibility index (Phi) is 9.03. The number of imidazole rings is 1. The van der Waals surface area contributed by atoms with Gasteiger partial charge >= 0.3 is 0 Å². The van der Waals surface area contributed by atoms with Gasteiger partial charge in [0.2, 0.25) is 0 Å². The van der Waals surface area contributed by atoms with Crippen LogP contribution in [0.25, 0.3) is 16.9 Å². The van der Waals surface area contributed by atoms with Crippen LogP contribution in [0.5, 0.6) is 5.75 Å². The molecule has 4 rings (SSSR count). The van der Waals surface area contributed by atoms with Crippen LogP contribution in [0, 0.1) is 0 Å². The predicted octanol–water partition coefficient (Wildman–Crippen LogP) is 4.38. The molecule has 0 unspecified atom stereocenters. The Labute approximate surface area is 222 Å². The number of carbonyl (C=O) groups excluding carboxylic acids is 1. The Balaban J connectivity index is 1.53. The average Bonchev–Trinajstić information content (AvgIpc) is 3.34. The van der Waals surface area contributed by atoms with Crippen molar-refractivity contribution in [2.24, 2.45) is 0 Å². The minimum Gasteiger partial charge on any atom is -0.497 e. The largest absolute Gasteiger partial charge is 0.497 e. The van der Waals surface area contributed by atoms with Crippen molar-refractivity contribution in [2.45, 2.75) is 6.54 Å². The van der Waals surface area contributed by atoms with Crippen molar-refractivity contribution in [1.29, 1.82) is 0 Å². The number of amides is 1. The number of carbonyl (C=O) groups is 1. The van der Waals surface area contributed by atoms with Crippen molar-refractivity contribution >= 4 is 29.1 Å². The second kappa shape index (κ2) is 12.6. The van der Waals surface area contributed by atoms with Gasteiger partial charge in [-0.05, 0) is 62.3 Å². The number of hydrogen-bond donors (Lipinski definition) is 1. The summed E-state index contributed by atoms with van der Waals surface area (Å²) in [4.78, 5) is 22.0. The van der Waals surface area contributed by atoms with Crippen LogP contribution in [-0.4, -0.2) is 83.2 Å². The van der Waals surface area contributed by atoms with Crippen molar-refractivity contribution < 1.29 is 9.53 Å². The number of fused-ring (bicyclic) bond motifs is 1. The second-order valence-corrected chi connectivity index (χ2v) is 9.99. The molecule has 0 spiro atoms. The second-order valence-electron chi connectivity index (χ2n) is 9.01. The molecule has 0 saturated carbocycles. The lowest BCUT2D eigenvalue weighted by Gasteiger charge is -2.25. The minimum atomic E-state index is 0.000709. The first-order valence-corrected chi connectivity index (χ1v) is 13.6. The van der Waals surface area contributed by atoms with Gasteiger partial charge in [-0.25, -0.2) is 9.50 Å². The highest BCUT2D eigenvalue weighted by molar-refractivity contribution is 7.98. The van der Waals surface area contributed by atoms with Crippen LogP contribution in [0.4, 0.5) is 5.82 Å². The third-order valence-corrected chi connectivity index (χ3v) is 6.65. The highest BCUT2D eigenvalue weighted by atomic mass is 32.2. The molecule has 4 aromatic rings. The first-order valence-electron chi connectivity index (χ1n) is 12.2. The van der Waals surface area contributed by atoms with E-state index in [2.05, 4.69) is 21.5 Å². The van der Waals surface area contributed by atoms with E-state index in [1.54, 1.807) is 18.9 Å². The van der Waals surface area contributed by atoms with Gasteiger partial charge in [0.15, 0.2) is 5.65 Å². The van der Waals surface area contributed by atoms with Crippen LogP contribution in [0.15, 0.2) is 66.9 Å². The number of nitrogens with one attached hydrogen (secondary N) is 1. The Morgan fingerprint density at radius 2 is 1.78 bits per heavy atom. The summed E-state index contributed by atoms with van der Waals surface area (Å²) >= 11 is 1.79. The zero-order valence-corrected chi connectivity index (χ0v) is 22.7. The lowest BCUT2D eigenvalue weighted by molar-refractivity contribution is 0.0732. The van der Waals surface area contributed by atoms with E-state index in [0.29, 0.717) is 18.7 Å². The van der Waals surface area contributed by atoms with E-state index < -0.39 is 0 Å². The summed E-state index contributed by atoms with van der Waals surface area (Å²) in [7, 11) is 5.67. The summed E-state index contributed by atoms with van der Waals surface area (Å²) in [6.07, 6.45) is 3.90. The Morgan fingerprint density at radius 1 is 1.03 bits per heavy atom. The Morgan fingerprint density at radius 3 is 2.46 bits per heavy atom. The number of rotatable bonds is 12. The van der Waals surface area contributed by atoms with E-state index in [-0.39, 0.29) is 5.91 Å². The highest BCUT2D eigenvalue weighted by Crippen LogP contribution is 2.22. The van der Waals surface area contributed by atoms with Gasteiger partial charge in [0.25, 0.3) is 5.91 Å². The first kappa shape index (κ1) is 26.5. The Hall–Kier alpha value is -3.56. The van der Waals surface area contributed by atoms with Crippen LogP contribution < -0.4 is 10.1 Å². The van der Waals surface area contributed by atoms with Gasteiger partial charge < -0.3 is 19.9 Å². The number of anilines is 1. The summed E-state index contributed by atoms with van der Waals surface area (Å²) in [6.45, 7) is 2.78. The third kappa shape index (κ3) is 6.81. The highest BCUT2D eigenvalue weighted by Gasteiger charge is 2.17. The van der Waals surface area contributed by atoms with E-state index in [9.17, 15) is 4.79 Å². The molecule has 0 aliphatic carbocycles. The molecular weight excluding hydrogens is 484 g/mol. The molecule has 2 aromatic carbocycles. The number of likely N-dealkylation sites (N-methyl/N-ethyl adjacent to an activating group) is 1. The van der Waals surface area contributed by atoms with E-state index in [0.717, 1.165) is 52.9 Å².